The van der Waals surface area contributed by atoms with Crippen molar-refractivity contribution < 1.29 is 0 Å². The quantitative estimate of drug-likeness (QED) is 0.432. The van der Waals surface area contributed by atoms with E-state index in [1.54, 1.807) is 7.05 Å². The average Bonchev–Trinajstić information content (AvgIpc) is 1.41. The van der Waals surface area contributed by atoms with E-state index in [4.69, 9.17) is 5.41 Å². The molecule has 5 heavy (non-hydrogen) atoms. The Morgan fingerprint density at radius 1 is 1.80 bits per heavy atom. The average molecular weight is 70.1 g/mol. The highest BCUT2D eigenvalue weighted by atomic mass is 14.6. The molecule has 0 atom stereocenters. The molecule has 0 rings (SSSR count). The Bertz CT molecular complexity index is 46.9. The van der Waals surface area contributed by atoms with E-state index in [1.165, 1.54) is 6.21 Å². The summed E-state index contributed by atoms with van der Waals surface area (Å²) in [6.45, 7) is 0. The number of hydrogen-bond donors (Lipinski definition) is 1. The largest absolute Gasteiger partial charge is 0.307 e. The molecule has 0 amide bonds. The van der Waals surface area contributed by atoms with Gasteiger partial charge in [-0.05, 0) is 0 Å². The lowest BCUT2D eigenvalue weighted by Gasteiger charge is -1.57. The van der Waals surface area contributed by atoms with Crippen LogP contribution < -0.4 is 0 Å². The van der Waals surface area contributed by atoms with Crippen LogP contribution in [0.1, 0.15) is 0 Å². The molecule has 2 nitrogen and oxygen atoms in total. The van der Waals surface area contributed by atoms with Gasteiger partial charge in [-0.1, -0.05) is 0 Å². The van der Waals surface area contributed by atoms with Gasteiger partial charge in [0.05, 0.1) is 0 Å². The highest BCUT2D eigenvalue weighted by Gasteiger charge is 1.43. The van der Waals surface area contributed by atoms with Crippen molar-refractivity contribution in [1.29, 1.82) is 5.41 Å². The van der Waals surface area contributed by atoms with Crippen LogP contribution in [0.4, 0.5) is 0 Å². The van der Waals surface area contributed by atoms with Crippen LogP contribution in [0.3, 0.4) is 0 Å². The van der Waals surface area contributed by atoms with Crippen molar-refractivity contribution in [3.8, 4) is 0 Å². The van der Waals surface area contributed by atoms with Crippen molar-refractivity contribution in [2.24, 2.45) is 4.99 Å². The zero-order valence-corrected chi connectivity index (χ0v) is 3.10. The molecule has 0 heterocycles. The predicted octanol–water partition coefficient (Wildman–Crippen LogP) is 0.337. The minimum atomic E-state index is 1.14. The van der Waals surface area contributed by atoms with Crippen LogP contribution in [0.5, 0.6) is 0 Å². The van der Waals surface area contributed by atoms with E-state index in [0.717, 1.165) is 6.21 Å². The Balaban J connectivity index is 2.92. The third kappa shape index (κ3) is 3.34. The van der Waals surface area contributed by atoms with E-state index in [9.17, 15) is 0 Å². The van der Waals surface area contributed by atoms with E-state index < -0.39 is 0 Å². The maximum Gasteiger partial charge on any atom is 0.0384 e. The number of nitrogens with one attached hydrogen (secondary N) is 1. The summed E-state index contributed by atoms with van der Waals surface area (Å²) in [7, 11) is 1.63. The second kappa shape index (κ2) is 3.34. The van der Waals surface area contributed by atoms with Gasteiger partial charge in [0.25, 0.3) is 0 Å². The fraction of sp³-hybridized carbons (Fsp3) is 0.333. The third-order valence-electron chi connectivity index (χ3n) is 0.224. The van der Waals surface area contributed by atoms with Crippen LogP contribution in [0, 0.1) is 5.41 Å². The van der Waals surface area contributed by atoms with Gasteiger partial charge < -0.3 is 5.41 Å². The van der Waals surface area contributed by atoms with Crippen LogP contribution in [0.25, 0.3) is 0 Å². The third-order valence-corrected chi connectivity index (χ3v) is 0.224. The first-order valence-electron chi connectivity index (χ1n) is 1.33. The molecule has 0 bridgehead atoms. The normalized spacial score (nSPS) is 9.00. The molecular weight excluding hydrogens is 64.0 g/mol. The number of aliphatic imine (C=N–C) groups is 1. The molecule has 28 valence electrons. The summed E-state index contributed by atoms with van der Waals surface area (Å²) in [6.07, 6.45) is 2.56. The van der Waals surface area contributed by atoms with Gasteiger partial charge in [-0.25, -0.2) is 0 Å². The van der Waals surface area contributed by atoms with Crippen molar-refractivity contribution in [3.05, 3.63) is 0 Å². The van der Waals surface area contributed by atoms with Crippen molar-refractivity contribution in [2.45, 2.75) is 0 Å². The van der Waals surface area contributed by atoms with E-state index in [1.807, 2.05) is 0 Å². The fourth-order valence-corrected chi connectivity index (χ4v) is 0.0745. The maximum atomic E-state index is 6.33. The van der Waals surface area contributed by atoms with Gasteiger partial charge in [0.2, 0.25) is 0 Å². The molecule has 0 aliphatic heterocycles. The summed E-state index contributed by atoms with van der Waals surface area (Å²) in [4.78, 5) is 3.49. The zero-order chi connectivity index (χ0) is 4.12. The topological polar surface area (TPSA) is 36.2 Å². The molecule has 2 heteroatoms. The second-order valence-electron chi connectivity index (χ2n) is 0.574. The Hall–Kier alpha value is -0.660. The number of hydrogen-bond acceptors (Lipinski definition) is 2. The minimum absolute atomic E-state index is 1.14. The fourth-order valence-electron chi connectivity index (χ4n) is 0.0745. The molecule has 0 aromatic rings. The number of rotatable bonds is 1. The predicted molar refractivity (Wildman–Crippen MR) is 23.2 cm³/mol. The zero-order valence-electron chi connectivity index (χ0n) is 3.10. The standard InChI is InChI=1S/C3H6N2/c1-5-3-2-4/h2-4H,1H3/b4-2?,5-3-. The molecule has 0 radical (unpaired) electrons. The molecule has 0 spiro atoms. The van der Waals surface area contributed by atoms with E-state index in [2.05, 4.69) is 4.99 Å². The first-order valence-corrected chi connectivity index (χ1v) is 1.33. The molecule has 0 aliphatic rings. The van der Waals surface area contributed by atoms with Gasteiger partial charge >= 0.3 is 0 Å². The smallest absolute Gasteiger partial charge is 0.0384 e. The Morgan fingerprint density at radius 2 is 2.40 bits per heavy atom. The SMILES string of the molecule is C/N=C\C=N. The minimum Gasteiger partial charge on any atom is -0.307 e. The second-order valence-corrected chi connectivity index (χ2v) is 0.574. The highest BCUT2D eigenvalue weighted by Crippen LogP contribution is 1.39. The van der Waals surface area contributed by atoms with Gasteiger partial charge in [0, 0.05) is 19.5 Å². The summed E-state index contributed by atoms with van der Waals surface area (Å²) in [5.74, 6) is 0. The monoisotopic (exact) mass is 70.1 g/mol. The van der Waals surface area contributed by atoms with Crippen molar-refractivity contribution in [3.63, 3.8) is 0 Å². The van der Waals surface area contributed by atoms with Gasteiger partial charge in [-0.15, -0.1) is 0 Å². The Kier molecular flexibility index (Phi) is 2.90. The van der Waals surface area contributed by atoms with E-state index >= 15 is 0 Å². The molecule has 1 N–H and O–H groups in total. The lowest BCUT2D eigenvalue weighted by Crippen LogP contribution is -1.65. The van der Waals surface area contributed by atoms with Gasteiger partial charge in [-0.3, -0.25) is 4.99 Å². The number of nitrogens with zero attached hydrogens (tertiary/aromatic N) is 1. The molecule has 0 unspecified atom stereocenters. The van der Waals surface area contributed by atoms with Gasteiger partial charge in [0.15, 0.2) is 0 Å². The van der Waals surface area contributed by atoms with E-state index in [0.29, 0.717) is 0 Å². The van der Waals surface area contributed by atoms with Crippen molar-refractivity contribution in [1.82, 2.24) is 0 Å². The highest BCUT2D eigenvalue weighted by molar-refractivity contribution is 6.14. The van der Waals surface area contributed by atoms with Crippen LogP contribution >= 0.6 is 0 Å². The van der Waals surface area contributed by atoms with Crippen LogP contribution in [0.2, 0.25) is 0 Å². The Labute approximate surface area is 31.0 Å². The summed E-state index contributed by atoms with van der Waals surface area (Å²) in [5.41, 5.74) is 0. The lowest BCUT2D eigenvalue weighted by atomic mass is 10.8. The van der Waals surface area contributed by atoms with E-state index in [-0.39, 0.29) is 0 Å². The first kappa shape index (κ1) is 4.34. The van der Waals surface area contributed by atoms with Crippen LogP contribution in [0.15, 0.2) is 4.99 Å². The van der Waals surface area contributed by atoms with Crippen molar-refractivity contribution >= 4 is 12.4 Å². The molecule has 0 aromatic carbocycles. The van der Waals surface area contributed by atoms with Gasteiger partial charge in [0.1, 0.15) is 0 Å². The molecular formula is C3H6N2. The summed E-state index contributed by atoms with van der Waals surface area (Å²) < 4.78 is 0. The molecule has 0 aliphatic carbocycles. The summed E-state index contributed by atoms with van der Waals surface area (Å²) >= 11 is 0. The first-order chi connectivity index (χ1) is 2.41. The Morgan fingerprint density at radius 3 is 2.40 bits per heavy atom. The molecule has 0 saturated carbocycles. The van der Waals surface area contributed by atoms with Gasteiger partial charge in [-0.2, -0.15) is 0 Å². The maximum absolute atomic E-state index is 6.33. The van der Waals surface area contributed by atoms with Crippen LogP contribution in [-0.2, 0) is 0 Å². The van der Waals surface area contributed by atoms with Crippen molar-refractivity contribution in [2.75, 3.05) is 7.05 Å². The molecule has 0 aromatic heterocycles. The molecule has 0 saturated heterocycles. The summed E-state index contributed by atoms with van der Waals surface area (Å²) in [5, 5.41) is 6.33. The van der Waals surface area contributed by atoms with Crippen LogP contribution in [-0.4, -0.2) is 19.5 Å². The summed E-state index contributed by atoms with van der Waals surface area (Å²) in [6, 6.07) is 0. The lowest BCUT2D eigenvalue weighted by molar-refractivity contribution is 1.48. The molecule has 0 fully saturated rings.